The highest BCUT2D eigenvalue weighted by Gasteiger charge is 2.34. The van der Waals surface area contributed by atoms with E-state index in [1.54, 1.807) is 7.05 Å². The van der Waals surface area contributed by atoms with Gasteiger partial charge in [-0.1, -0.05) is 29.8 Å². The Balaban J connectivity index is 1.61. The summed E-state index contributed by atoms with van der Waals surface area (Å²) >= 11 is 0. The first-order valence-electron chi connectivity index (χ1n) is 10.7. The van der Waals surface area contributed by atoms with Crippen LogP contribution in [0.3, 0.4) is 0 Å². The minimum absolute atomic E-state index is 0.00701. The second-order valence-corrected chi connectivity index (χ2v) is 8.16. The standard InChI is InChI=1S/C22H36N4O3/c1-18-3-5-19(6-4-18)20(26-9-13-28-14-10-26)15-24-21(23-2)25-16-22(7-11-27)8-12-29-17-22/h3-6,20,27H,7-17H2,1-2H3,(H2,23,24,25). The van der Waals surface area contributed by atoms with Crippen LogP contribution in [0.25, 0.3) is 0 Å². The van der Waals surface area contributed by atoms with Crippen LogP contribution in [0.1, 0.15) is 30.0 Å². The molecule has 162 valence electrons. The molecule has 1 aromatic carbocycles. The Hall–Kier alpha value is -1.67. The van der Waals surface area contributed by atoms with E-state index < -0.39 is 0 Å². The summed E-state index contributed by atoms with van der Waals surface area (Å²) in [5.74, 6) is 0.791. The van der Waals surface area contributed by atoms with E-state index in [1.807, 2.05) is 0 Å². The summed E-state index contributed by atoms with van der Waals surface area (Å²) in [6, 6.07) is 9.06. The third kappa shape index (κ3) is 6.15. The zero-order valence-electron chi connectivity index (χ0n) is 17.8. The Labute approximate surface area is 174 Å². The Morgan fingerprint density at radius 1 is 1.17 bits per heavy atom. The molecule has 2 saturated heterocycles. The predicted octanol–water partition coefficient (Wildman–Crippen LogP) is 1.32. The van der Waals surface area contributed by atoms with Crippen LogP contribution in [-0.2, 0) is 9.47 Å². The largest absolute Gasteiger partial charge is 0.396 e. The van der Waals surface area contributed by atoms with Crippen LogP contribution in [0, 0.1) is 12.3 Å². The third-order valence-corrected chi connectivity index (χ3v) is 6.09. The molecule has 2 atom stereocenters. The Morgan fingerprint density at radius 3 is 2.55 bits per heavy atom. The molecule has 2 heterocycles. The maximum absolute atomic E-state index is 9.44. The van der Waals surface area contributed by atoms with Gasteiger partial charge in [0.1, 0.15) is 0 Å². The monoisotopic (exact) mass is 404 g/mol. The lowest BCUT2D eigenvalue weighted by atomic mass is 9.84. The Bertz CT molecular complexity index is 638. The van der Waals surface area contributed by atoms with Gasteiger partial charge in [0.15, 0.2) is 5.96 Å². The first-order valence-corrected chi connectivity index (χ1v) is 10.7. The van der Waals surface area contributed by atoms with Crippen LogP contribution in [0.2, 0.25) is 0 Å². The fraction of sp³-hybridized carbons (Fsp3) is 0.682. The van der Waals surface area contributed by atoms with Crippen molar-refractivity contribution < 1.29 is 14.6 Å². The molecule has 3 rings (SSSR count). The van der Waals surface area contributed by atoms with Gasteiger partial charge in [-0.05, 0) is 25.3 Å². The van der Waals surface area contributed by atoms with Gasteiger partial charge in [0.2, 0.25) is 0 Å². The number of rotatable bonds is 8. The van der Waals surface area contributed by atoms with E-state index in [0.717, 1.165) is 64.8 Å². The van der Waals surface area contributed by atoms with Crippen molar-refractivity contribution in [1.82, 2.24) is 15.5 Å². The summed E-state index contributed by atoms with van der Waals surface area (Å²) in [5, 5.41) is 16.4. The number of nitrogens with zero attached hydrogens (tertiary/aromatic N) is 2. The smallest absolute Gasteiger partial charge is 0.191 e. The van der Waals surface area contributed by atoms with Gasteiger partial charge >= 0.3 is 0 Å². The molecular formula is C22H36N4O3. The summed E-state index contributed by atoms with van der Waals surface area (Å²) in [6.07, 6.45) is 1.72. The van der Waals surface area contributed by atoms with Gasteiger partial charge in [0.05, 0.1) is 25.9 Å². The van der Waals surface area contributed by atoms with Crippen LogP contribution >= 0.6 is 0 Å². The highest BCUT2D eigenvalue weighted by Crippen LogP contribution is 2.31. The van der Waals surface area contributed by atoms with Crippen LogP contribution in [0.4, 0.5) is 0 Å². The first-order chi connectivity index (χ1) is 14.2. The van der Waals surface area contributed by atoms with Gasteiger partial charge in [0, 0.05) is 51.9 Å². The molecule has 7 heteroatoms. The second kappa shape index (κ2) is 10.9. The number of aliphatic hydroxyl groups is 1. The summed E-state index contributed by atoms with van der Waals surface area (Å²) in [6.45, 7) is 8.70. The topological polar surface area (TPSA) is 78.4 Å². The quantitative estimate of drug-likeness (QED) is 0.448. The van der Waals surface area contributed by atoms with Crippen molar-refractivity contribution in [2.24, 2.45) is 10.4 Å². The maximum atomic E-state index is 9.44. The number of morpholine rings is 1. The minimum Gasteiger partial charge on any atom is -0.396 e. The average molecular weight is 405 g/mol. The van der Waals surface area contributed by atoms with Crippen molar-refractivity contribution >= 4 is 5.96 Å². The lowest BCUT2D eigenvalue weighted by Gasteiger charge is -2.35. The van der Waals surface area contributed by atoms with E-state index in [0.29, 0.717) is 6.61 Å². The molecule has 1 aromatic rings. The molecule has 0 bridgehead atoms. The summed E-state index contributed by atoms with van der Waals surface area (Å²) in [4.78, 5) is 6.89. The van der Waals surface area contributed by atoms with Crippen molar-refractivity contribution in [2.45, 2.75) is 25.8 Å². The lowest BCUT2D eigenvalue weighted by Crippen LogP contribution is -2.48. The zero-order valence-corrected chi connectivity index (χ0v) is 17.8. The summed E-state index contributed by atoms with van der Waals surface area (Å²) < 4.78 is 11.1. The van der Waals surface area contributed by atoms with Crippen molar-refractivity contribution in [3.63, 3.8) is 0 Å². The molecular weight excluding hydrogens is 368 g/mol. The molecule has 0 saturated carbocycles. The van der Waals surface area contributed by atoms with Crippen LogP contribution in [0.15, 0.2) is 29.3 Å². The lowest BCUT2D eigenvalue weighted by molar-refractivity contribution is 0.0170. The van der Waals surface area contributed by atoms with Crippen LogP contribution in [-0.4, -0.2) is 82.2 Å². The molecule has 2 aliphatic heterocycles. The van der Waals surface area contributed by atoms with Gasteiger partial charge in [-0.3, -0.25) is 9.89 Å². The molecule has 0 aromatic heterocycles. The number of benzene rings is 1. The number of aliphatic imine (C=N–C) groups is 1. The molecule has 0 spiro atoms. The number of ether oxygens (including phenoxy) is 2. The number of guanidine groups is 1. The van der Waals surface area contributed by atoms with E-state index in [9.17, 15) is 5.11 Å². The second-order valence-electron chi connectivity index (χ2n) is 8.16. The van der Waals surface area contributed by atoms with Gasteiger partial charge in [0.25, 0.3) is 0 Å². The maximum Gasteiger partial charge on any atom is 0.191 e. The fourth-order valence-electron chi connectivity index (χ4n) is 4.13. The Morgan fingerprint density at radius 2 is 1.93 bits per heavy atom. The van der Waals surface area contributed by atoms with Gasteiger partial charge in [-0.2, -0.15) is 0 Å². The minimum atomic E-state index is -0.00701. The molecule has 3 N–H and O–H groups in total. The number of aliphatic hydroxyl groups excluding tert-OH is 1. The molecule has 29 heavy (non-hydrogen) atoms. The van der Waals surface area contributed by atoms with Crippen molar-refractivity contribution in [3.05, 3.63) is 35.4 Å². The molecule has 0 radical (unpaired) electrons. The van der Waals surface area contributed by atoms with Crippen LogP contribution < -0.4 is 10.6 Å². The molecule has 2 unspecified atom stereocenters. The number of aryl methyl sites for hydroxylation is 1. The van der Waals surface area contributed by atoms with Crippen molar-refractivity contribution in [1.29, 1.82) is 0 Å². The van der Waals surface area contributed by atoms with E-state index in [4.69, 9.17) is 9.47 Å². The van der Waals surface area contributed by atoms with Crippen molar-refractivity contribution in [2.75, 3.05) is 66.3 Å². The molecule has 2 fully saturated rings. The summed E-state index contributed by atoms with van der Waals surface area (Å²) in [7, 11) is 1.80. The number of nitrogens with one attached hydrogen (secondary N) is 2. The predicted molar refractivity (Wildman–Crippen MR) is 115 cm³/mol. The zero-order chi connectivity index (χ0) is 20.5. The highest BCUT2D eigenvalue weighted by atomic mass is 16.5. The van der Waals surface area contributed by atoms with Gasteiger partial charge < -0.3 is 25.2 Å². The molecule has 2 aliphatic rings. The number of hydrogen-bond donors (Lipinski definition) is 3. The molecule has 0 aliphatic carbocycles. The van der Waals surface area contributed by atoms with E-state index >= 15 is 0 Å². The average Bonchev–Trinajstić information content (AvgIpc) is 3.21. The fourth-order valence-corrected chi connectivity index (χ4v) is 4.13. The van der Waals surface area contributed by atoms with Crippen LogP contribution in [0.5, 0.6) is 0 Å². The van der Waals surface area contributed by atoms with E-state index in [1.165, 1.54) is 11.1 Å². The van der Waals surface area contributed by atoms with E-state index in [-0.39, 0.29) is 18.1 Å². The SMILES string of the molecule is CN=C(NCC(c1ccc(C)cc1)N1CCOCC1)NCC1(CCO)CCOC1. The van der Waals surface area contributed by atoms with E-state index in [2.05, 4.69) is 51.7 Å². The highest BCUT2D eigenvalue weighted by molar-refractivity contribution is 5.79. The van der Waals surface area contributed by atoms with Gasteiger partial charge in [-0.25, -0.2) is 0 Å². The summed E-state index contributed by atoms with van der Waals surface area (Å²) in [5.41, 5.74) is 2.57. The molecule has 0 amide bonds. The third-order valence-electron chi connectivity index (χ3n) is 6.09. The normalized spacial score (nSPS) is 24.4. The van der Waals surface area contributed by atoms with Crippen molar-refractivity contribution in [3.8, 4) is 0 Å². The molecule has 7 nitrogen and oxygen atoms in total. The number of hydrogen-bond acceptors (Lipinski definition) is 5. The Kier molecular flexibility index (Phi) is 8.29. The first kappa shape index (κ1) is 22.0. The van der Waals surface area contributed by atoms with Gasteiger partial charge in [-0.15, -0.1) is 0 Å².